The number of halogens is 1. The van der Waals surface area contributed by atoms with Gasteiger partial charge >= 0.3 is 5.97 Å². The van der Waals surface area contributed by atoms with Crippen molar-refractivity contribution in [1.82, 2.24) is 4.57 Å². The molecule has 0 saturated carbocycles. The number of esters is 1. The first-order chi connectivity index (χ1) is 17.3. The molecule has 4 rings (SSSR count). The smallest absolute Gasteiger partial charge is 0.338 e. The number of allylic oxidation sites excluding steroid dienone is 1. The van der Waals surface area contributed by atoms with Gasteiger partial charge in [0.2, 0.25) is 0 Å². The Morgan fingerprint density at radius 1 is 1.22 bits per heavy atom. The summed E-state index contributed by atoms with van der Waals surface area (Å²) in [6, 6.07) is 14.7. The minimum absolute atomic E-state index is 0.213. The normalized spacial score (nSPS) is 15.6. The molecule has 188 valence electrons. The highest BCUT2D eigenvalue weighted by atomic mass is 79.9. The number of benzene rings is 2. The van der Waals surface area contributed by atoms with Gasteiger partial charge in [0, 0.05) is 10.0 Å². The lowest BCUT2D eigenvalue weighted by Crippen LogP contribution is -2.40. The van der Waals surface area contributed by atoms with Crippen LogP contribution >= 0.6 is 27.3 Å². The van der Waals surface area contributed by atoms with Gasteiger partial charge in [-0.3, -0.25) is 9.36 Å². The third-order valence-electron chi connectivity index (χ3n) is 5.71. The fourth-order valence-electron chi connectivity index (χ4n) is 4.04. The molecule has 0 fully saturated rings. The van der Waals surface area contributed by atoms with Gasteiger partial charge in [0.15, 0.2) is 4.80 Å². The van der Waals surface area contributed by atoms with Gasteiger partial charge in [-0.05, 0) is 57.0 Å². The fourth-order valence-corrected chi connectivity index (χ4v) is 5.46. The van der Waals surface area contributed by atoms with Gasteiger partial charge in [0.05, 0.1) is 34.6 Å². The maximum Gasteiger partial charge on any atom is 0.338 e. The number of fused-ring (bicyclic) bond motifs is 1. The first kappa shape index (κ1) is 26.1. The predicted octanol–water partition coefficient (Wildman–Crippen LogP) is 5.13. The van der Waals surface area contributed by atoms with Crippen molar-refractivity contribution in [2.24, 2.45) is 4.99 Å². The number of rotatable bonds is 8. The summed E-state index contributed by atoms with van der Waals surface area (Å²) in [4.78, 5) is 32.2. The van der Waals surface area contributed by atoms with E-state index in [1.807, 2.05) is 54.6 Å². The molecule has 0 saturated heterocycles. The van der Waals surface area contributed by atoms with Crippen molar-refractivity contribution in [3.8, 4) is 5.75 Å². The van der Waals surface area contributed by atoms with Gasteiger partial charge in [-0.15, -0.1) is 0 Å². The number of nitrogens with zero attached hydrogens (tertiary/aromatic N) is 2. The summed E-state index contributed by atoms with van der Waals surface area (Å²) in [5.74, 6) is 0.252. The molecule has 0 radical (unpaired) electrons. The van der Waals surface area contributed by atoms with Crippen LogP contribution in [0.5, 0.6) is 5.75 Å². The number of carbonyl (C=O) groups excluding carboxylic acids is 1. The second kappa shape index (κ2) is 11.4. The van der Waals surface area contributed by atoms with Crippen LogP contribution in [0.4, 0.5) is 0 Å². The molecule has 0 bridgehead atoms. The molecule has 8 heteroatoms. The molecule has 0 aliphatic carbocycles. The highest BCUT2D eigenvalue weighted by molar-refractivity contribution is 9.10. The largest absolute Gasteiger partial charge is 0.493 e. The summed E-state index contributed by atoms with van der Waals surface area (Å²) in [6.07, 6.45) is 3.53. The van der Waals surface area contributed by atoms with Gasteiger partial charge in [0.25, 0.3) is 5.56 Å². The molecule has 3 aromatic rings. The Morgan fingerprint density at radius 3 is 2.67 bits per heavy atom. The van der Waals surface area contributed by atoms with Crippen LogP contribution in [-0.2, 0) is 9.53 Å². The maximum atomic E-state index is 13.8. The van der Waals surface area contributed by atoms with E-state index < -0.39 is 12.0 Å². The first-order valence-electron chi connectivity index (χ1n) is 12.0. The summed E-state index contributed by atoms with van der Waals surface area (Å²) in [5.41, 5.74) is 2.33. The number of hydrogen-bond donors (Lipinski definition) is 0. The fraction of sp³-hybridized carbons (Fsp3) is 0.321. The highest BCUT2D eigenvalue weighted by Crippen LogP contribution is 2.31. The van der Waals surface area contributed by atoms with Gasteiger partial charge in [0.1, 0.15) is 5.75 Å². The Balaban J connectivity index is 1.89. The summed E-state index contributed by atoms with van der Waals surface area (Å²) >= 11 is 4.83. The standard InChI is InChI=1S/C28H29BrN2O4S/c1-5-6-14-34-22-13-12-21(29)15-20(22)16-23-26(32)31-25(19-10-8-7-9-11-19)24(27(33)35-17(2)3)18(4)30-28(31)36-23/h7-13,15-17,25H,5-6,14H2,1-4H3. The van der Waals surface area contributed by atoms with Crippen LogP contribution in [0.3, 0.4) is 0 Å². The van der Waals surface area contributed by atoms with Gasteiger partial charge in [-0.2, -0.15) is 0 Å². The van der Waals surface area contributed by atoms with Gasteiger partial charge in [-0.1, -0.05) is 70.9 Å². The molecule has 0 N–H and O–H groups in total. The van der Waals surface area contributed by atoms with E-state index in [1.54, 1.807) is 25.3 Å². The predicted molar refractivity (Wildman–Crippen MR) is 146 cm³/mol. The van der Waals surface area contributed by atoms with Gasteiger partial charge < -0.3 is 9.47 Å². The van der Waals surface area contributed by atoms with E-state index in [0.29, 0.717) is 27.2 Å². The number of thiazole rings is 1. The van der Waals surface area contributed by atoms with E-state index >= 15 is 0 Å². The third kappa shape index (κ3) is 5.55. The maximum absolute atomic E-state index is 13.8. The zero-order valence-electron chi connectivity index (χ0n) is 20.8. The molecule has 0 spiro atoms. The number of aromatic nitrogens is 1. The van der Waals surface area contributed by atoms with Crippen LogP contribution < -0.4 is 19.6 Å². The molecular weight excluding hydrogens is 540 g/mol. The van der Waals surface area contributed by atoms with Crippen LogP contribution in [0.15, 0.2) is 74.1 Å². The highest BCUT2D eigenvalue weighted by Gasteiger charge is 2.33. The summed E-state index contributed by atoms with van der Waals surface area (Å²) in [5, 5.41) is 0. The van der Waals surface area contributed by atoms with Crippen molar-refractivity contribution in [3.05, 3.63) is 95.1 Å². The molecular formula is C28H29BrN2O4S. The van der Waals surface area contributed by atoms with Crippen LogP contribution in [0.1, 0.15) is 57.7 Å². The van der Waals surface area contributed by atoms with Crippen molar-refractivity contribution in [2.45, 2.75) is 52.7 Å². The molecule has 1 aromatic heterocycles. The topological polar surface area (TPSA) is 69.9 Å². The number of hydrogen-bond acceptors (Lipinski definition) is 6. The second-order valence-electron chi connectivity index (χ2n) is 8.83. The number of ether oxygens (including phenoxy) is 2. The van der Waals surface area contributed by atoms with Crippen LogP contribution in [0, 0.1) is 0 Å². The van der Waals surface area contributed by atoms with Crippen molar-refractivity contribution in [2.75, 3.05) is 6.61 Å². The summed E-state index contributed by atoms with van der Waals surface area (Å²) < 4.78 is 14.5. The SMILES string of the molecule is CCCCOc1ccc(Br)cc1C=c1sc2n(c1=O)C(c1ccccc1)C(C(=O)OC(C)C)=C(C)N=2. The average Bonchev–Trinajstić information content (AvgIpc) is 3.14. The molecule has 1 atom stereocenters. The monoisotopic (exact) mass is 568 g/mol. The zero-order chi connectivity index (χ0) is 25.8. The van der Waals surface area contributed by atoms with Crippen molar-refractivity contribution < 1.29 is 14.3 Å². The molecule has 2 heterocycles. The van der Waals surface area contributed by atoms with E-state index in [4.69, 9.17) is 9.47 Å². The number of carbonyl (C=O) groups is 1. The quantitative estimate of drug-likeness (QED) is 0.279. The van der Waals surface area contributed by atoms with Crippen LogP contribution in [0.25, 0.3) is 6.08 Å². The minimum atomic E-state index is -0.626. The van der Waals surface area contributed by atoms with Crippen molar-refractivity contribution in [1.29, 1.82) is 0 Å². The Kier molecular flexibility index (Phi) is 8.26. The van der Waals surface area contributed by atoms with Gasteiger partial charge in [-0.25, -0.2) is 9.79 Å². The average molecular weight is 570 g/mol. The molecule has 0 amide bonds. The summed E-state index contributed by atoms with van der Waals surface area (Å²) in [6.45, 7) is 8.12. The third-order valence-corrected chi connectivity index (χ3v) is 7.19. The Hall–Kier alpha value is -2.97. The van der Waals surface area contributed by atoms with E-state index in [9.17, 15) is 9.59 Å². The van der Waals surface area contributed by atoms with Crippen molar-refractivity contribution >= 4 is 39.3 Å². The minimum Gasteiger partial charge on any atom is -0.493 e. The molecule has 1 aliphatic heterocycles. The van der Waals surface area contributed by atoms with E-state index in [2.05, 4.69) is 27.8 Å². The lowest BCUT2D eigenvalue weighted by Gasteiger charge is -2.25. The lowest BCUT2D eigenvalue weighted by molar-refractivity contribution is -0.143. The first-order valence-corrected chi connectivity index (χ1v) is 13.6. The Labute approximate surface area is 222 Å². The second-order valence-corrected chi connectivity index (χ2v) is 10.8. The summed E-state index contributed by atoms with van der Waals surface area (Å²) in [7, 11) is 0. The van der Waals surface area contributed by atoms with E-state index in [1.165, 1.54) is 11.3 Å². The number of unbranched alkanes of at least 4 members (excludes halogenated alkanes) is 1. The van der Waals surface area contributed by atoms with Crippen LogP contribution in [-0.4, -0.2) is 23.2 Å². The van der Waals surface area contributed by atoms with Crippen molar-refractivity contribution in [3.63, 3.8) is 0 Å². The van der Waals surface area contributed by atoms with E-state index in [0.717, 1.165) is 34.2 Å². The van der Waals surface area contributed by atoms with Crippen LogP contribution in [0.2, 0.25) is 0 Å². The molecule has 36 heavy (non-hydrogen) atoms. The Bertz CT molecular complexity index is 1470. The molecule has 6 nitrogen and oxygen atoms in total. The lowest BCUT2D eigenvalue weighted by atomic mass is 9.96. The molecule has 1 aliphatic rings. The van der Waals surface area contributed by atoms with E-state index in [-0.39, 0.29) is 11.7 Å². The molecule has 2 aromatic carbocycles. The molecule has 1 unspecified atom stereocenters. The Morgan fingerprint density at radius 2 is 1.97 bits per heavy atom. The zero-order valence-corrected chi connectivity index (χ0v) is 23.2.